The normalized spacial score (nSPS) is 11.3. The van der Waals surface area contributed by atoms with Gasteiger partial charge in [0.15, 0.2) is 0 Å². The Hall–Kier alpha value is -0.725. The van der Waals surface area contributed by atoms with Gasteiger partial charge in [-0.25, -0.2) is 4.79 Å². The first kappa shape index (κ1) is 6.27. The quantitative estimate of drug-likeness (QED) is 0.372. The fourth-order valence-corrected chi connectivity index (χ4v) is 0.195. The van der Waals surface area contributed by atoms with Crippen molar-refractivity contribution >= 4 is 13.8 Å². The molecule has 0 amide bonds. The molecular formula is C4H5BO2. The van der Waals surface area contributed by atoms with Crippen molar-refractivity contribution in [1.82, 2.24) is 0 Å². The lowest BCUT2D eigenvalue weighted by Crippen LogP contribution is -1.88. The summed E-state index contributed by atoms with van der Waals surface area (Å²) in [5, 5.41) is 7.93. The molecule has 0 fully saturated rings. The summed E-state index contributed by atoms with van der Waals surface area (Å²) in [7, 11) is 4.97. The van der Waals surface area contributed by atoms with E-state index in [-0.39, 0.29) is 0 Å². The molecule has 2 radical (unpaired) electrons. The fourth-order valence-electron chi connectivity index (χ4n) is 0.195. The van der Waals surface area contributed by atoms with Crippen molar-refractivity contribution in [3.8, 4) is 0 Å². The standard InChI is InChI=1S/C4H5BO2/c1-3(5)2-4(6)7/h2H,1H3,(H,6,7)/b3-2+. The molecule has 1 N–H and O–H groups in total. The zero-order chi connectivity index (χ0) is 5.86. The van der Waals surface area contributed by atoms with E-state index < -0.39 is 5.97 Å². The molecule has 0 aromatic carbocycles. The maximum Gasteiger partial charge on any atom is 0.327 e. The Morgan fingerprint density at radius 3 is 2.29 bits per heavy atom. The van der Waals surface area contributed by atoms with Gasteiger partial charge in [-0.2, -0.15) is 0 Å². The van der Waals surface area contributed by atoms with Crippen molar-refractivity contribution in [2.45, 2.75) is 6.92 Å². The highest BCUT2D eigenvalue weighted by Crippen LogP contribution is 1.79. The number of aliphatic carboxylic acids is 1. The van der Waals surface area contributed by atoms with Crippen LogP contribution in [-0.2, 0) is 4.79 Å². The Morgan fingerprint density at radius 2 is 2.29 bits per heavy atom. The summed E-state index contributed by atoms with van der Waals surface area (Å²) in [6.45, 7) is 1.52. The van der Waals surface area contributed by atoms with Crippen LogP contribution >= 0.6 is 0 Å². The van der Waals surface area contributed by atoms with Gasteiger partial charge in [0.1, 0.15) is 7.85 Å². The first-order valence-corrected chi connectivity index (χ1v) is 1.79. The zero-order valence-corrected chi connectivity index (χ0v) is 4.01. The van der Waals surface area contributed by atoms with Crippen LogP contribution in [0.1, 0.15) is 6.92 Å². The van der Waals surface area contributed by atoms with E-state index in [1.807, 2.05) is 0 Å². The van der Waals surface area contributed by atoms with E-state index in [0.717, 1.165) is 6.08 Å². The molecule has 0 saturated carbocycles. The lowest BCUT2D eigenvalue weighted by molar-refractivity contribution is -0.131. The Kier molecular flexibility index (Phi) is 2.19. The SMILES string of the molecule is [B]/C(C)=C/C(=O)O. The van der Waals surface area contributed by atoms with E-state index in [2.05, 4.69) is 0 Å². The third kappa shape index (κ3) is 5.27. The van der Waals surface area contributed by atoms with Crippen LogP contribution in [0.2, 0.25) is 0 Å². The topological polar surface area (TPSA) is 37.3 Å². The van der Waals surface area contributed by atoms with Crippen molar-refractivity contribution in [2.75, 3.05) is 0 Å². The van der Waals surface area contributed by atoms with Crippen LogP contribution < -0.4 is 0 Å². The summed E-state index contributed by atoms with van der Waals surface area (Å²) < 4.78 is 0. The number of carboxylic acid groups (broad SMARTS) is 1. The summed E-state index contributed by atoms with van der Waals surface area (Å²) >= 11 is 0. The van der Waals surface area contributed by atoms with E-state index in [0.29, 0.717) is 5.47 Å². The van der Waals surface area contributed by atoms with Gasteiger partial charge < -0.3 is 5.11 Å². The number of carbonyl (C=O) groups is 1. The van der Waals surface area contributed by atoms with Crippen molar-refractivity contribution in [3.63, 3.8) is 0 Å². The second-order valence-electron chi connectivity index (χ2n) is 1.23. The molecule has 0 bridgehead atoms. The van der Waals surface area contributed by atoms with Crippen LogP contribution in [0.15, 0.2) is 11.5 Å². The summed E-state index contributed by atoms with van der Waals surface area (Å²) in [6, 6.07) is 0. The van der Waals surface area contributed by atoms with Crippen LogP contribution in [-0.4, -0.2) is 18.9 Å². The lowest BCUT2D eigenvalue weighted by atomic mass is 9.98. The van der Waals surface area contributed by atoms with Gasteiger partial charge in [-0.1, -0.05) is 6.92 Å². The fraction of sp³-hybridized carbons (Fsp3) is 0.250. The summed E-state index contributed by atoms with van der Waals surface area (Å²) in [5.41, 5.74) is 0.313. The average Bonchev–Trinajstić information content (AvgIpc) is 1.27. The second kappa shape index (κ2) is 2.45. The van der Waals surface area contributed by atoms with Crippen LogP contribution in [0.3, 0.4) is 0 Å². The molecule has 0 aromatic rings. The molecule has 2 nitrogen and oxygen atoms in total. The summed E-state index contributed by atoms with van der Waals surface area (Å²) in [6.07, 6.45) is 0.944. The molecule has 0 atom stereocenters. The molecule has 0 aliphatic rings. The third-order valence-corrected chi connectivity index (χ3v) is 0.351. The van der Waals surface area contributed by atoms with Gasteiger partial charge in [-0.15, -0.1) is 5.47 Å². The highest BCUT2D eigenvalue weighted by atomic mass is 16.4. The van der Waals surface area contributed by atoms with E-state index in [1.54, 1.807) is 0 Å². The van der Waals surface area contributed by atoms with Crippen LogP contribution in [0.25, 0.3) is 0 Å². The number of hydrogen-bond donors (Lipinski definition) is 1. The van der Waals surface area contributed by atoms with Gasteiger partial charge >= 0.3 is 5.97 Å². The van der Waals surface area contributed by atoms with Crippen LogP contribution in [0.4, 0.5) is 0 Å². The first-order chi connectivity index (χ1) is 3.13. The van der Waals surface area contributed by atoms with E-state index in [1.165, 1.54) is 6.92 Å². The lowest BCUT2D eigenvalue weighted by Gasteiger charge is -1.80. The Balaban J connectivity index is 3.68. The molecule has 3 heteroatoms. The zero-order valence-electron chi connectivity index (χ0n) is 4.01. The molecule has 36 valence electrons. The molecular weight excluding hydrogens is 90.9 g/mol. The Labute approximate surface area is 43.3 Å². The predicted molar refractivity (Wildman–Crippen MR) is 27.1 cm³/mol. The van der Waals surface area contributed by atoms with Crippen LogP contribution in [0.5, 0.6) is 0 Å². The highest BCUT2D eigenvalue weighted by Gasteiger charge is 1.83. The highest BCUT2D eigenvalue weighted by molar-refractivity contribution is 6.22. The molecule has 0 aliphatic heterocycles. The minimum Gasteiger partial charge on any atom is -0.478 e. The number of allylic oxidation sites excluding steroid dienone is 1. The van der Waals surface area contributed by atoms with Crippen molar-refractivity contribution < 1.29 is 9.90 Å². The minimum absolute atomic E-state index is 0.313. The number of carboxylic acids is 1. The summed E-state index contributed by atoms with van der Waals surface area (Å²) in [4.78, 5) is 9.65. The monoisotopic (exact) mass is 96.0 g/mol. The molecule has 7 heavy (non-hydrogen) atoms. The molecule has 0 heterocycles. The summed E-state index contributed by atoms with van der Waals surface area (Å²) in [5.74, 6) is -1.000. The van der Waals surface area contributed by atoms with Gasteiger partial charge in [0, 0.05) is 6.08 Å². The van der Waals surface area contributed by atoms with Gasteiger partial charge in [-0.3, -0.25) is 0 Å². The van der Waals surface area contributed by atoms with E-state index in [9.17, 15) is 4.79 Å². The molecule has 0 aliphatic carbocycles. The van der Waals surface area contributed by atoms with Crippen molar-refractivity contribution in [2.24, 2.45) is 0 Å². The molecule has 0 unspecified atom stereocenters. The number of hydrogen-bond acceptors (Lipinski definition) is 1. The van der Waals surface area contributed by atoms with Gasteiger partial charge in [0.05, 0.1) is 0 Å². The van der Waals surface area contributed by atoms with Gasteiger partial charge in [0.2, 0.25) is 0 Å². The first-order valence-electron chi connectivity index (χ1n) is 1.79. The minimum atomic E-state index is -1.000. The largest absolute Gasteiger partial charge is 0.478 e. The van der Waals surface area contributed by atoms with Gasteiger partial charge in [-0.05, 0) is 0 Å². The Bertz CT molecular complexity index is 102. The van der Waals surface area contributed by atoms with Crippen molar-refractivity contribution in [3.05, 3.63) is 11.5 Å². The molecule has 0 spiro atoms. The third-order valence-electron chi connectivity index (χ3n) is 0.351. The smallest absolute Gasteiger partial charge is 0.327 e. The van der Waals surface area contributed by atoms with Crippen molar-refractivity contribution in [1.29, 1.82) is 0 Å². The predicted octanol–water partition coefficient (Wildman–Crippen LogP) is 0.143. The maximum atomic E-state index is 9.65. The van der Waals surface area contributed by atoms with Gasteiger partial charge in [0.25, 0.3) is 0 Å². The molecule has 0 aromatic heterocycles. The maximum absolute atomic E-state index is 9.65. The van der Waals surface area contributed by atoms with Crippen LogP contribution in [0, 0.1) is 0 Å². The Morgan fingerprint density at radius 1 is 1.86 bits per heavy atom. The molecule has 0 saturated heterocycles. The average molecular weight is 95.9 g/mol. The number of rotatable bonds is 1. The van der Waals surface area contributed by atoms with E-state index in [4.69, 9.17) is 13.0 Å². The second-order valence-corrected chi connectivity index (χ2v) is 1.23. The molecule has 0 rings (SSSR count). The van der Waals surface area contributed by atoms with E-state index >= 15 is 0 Å².